The van der Waals surface area contributed by atoms with Crippen molar-refractivity contribution in [3.8, 4) is 84.4 Å². The van der Waals surface area contributed by atoms with Gasteiger partial charge in [0.05, 0.1) is 16.7 Å². The van der Waals surface area contributed by atoms with E-state index >= 15 is 0 Å². The Kier molecular flexibility index (Phi) is 8.80. The van der Waals surface area contributed by atoms with E-state index in [-0.39, 0.29) is 5.41 Å². The molecule has 0 saturated heterocycles. The first-order valence-electron chi connectivity index (χ1n) is 21.9. The molecule has 4 heteroatoms. The third kappa shape index (κ3) is 6.26. The van der Waals surface area contributed by atoms with Gasteiger partial charge in [0, 0.05) is 38.4 Å². The molecule has 0 atom stereocenters. The summed E-state index contributed by atoms with van der Waals surface area (Å²) in [5, 5.41) is 2.45. The lowest BCUT2D eigenvalue weighted by atomic mass is 9.82. The van der Waals surface area contributed by atoms with Gasteiger partial charge in [0.1, 0.15) is 0 Å². The summed E-state index contributed by atoms with van der Waals surface area (Å²) < 4.78 is 2.50. The Morgan fingerprint density at radius 1 is 0.328 bits per heavy atom. The van der Waals surface area contributed by atoms with Crippen molar-refractivity contribution in [2.75, 3.05) is 0 Å². The monoisotopic (exact) mass is 818 g/mol. The van der Waals surface area contributed by atoms with Crippen LogP contribution in [0.5, 0.6) is 0 Å². The Hall–Kier alpha value is -8.21. The summed E-state index contributed by atoms with van der Waals surface area (Å²) in [7, 11) is 0. The lowest BCUT2D eigenvalue weighted by Crippen LogP contribution is -2.14. The second-order valence-corrected chi connectivity index (χ2v) is 17.2. The summed E-state index contributed by atoms with van der Waals surface area (Å²) in [4.78, 5) is 15.1. The minimum absolute atomic E-state index is 0.109. The highest BCUT2D eigenvalue weighted by Gasteiger charge is 2.37. The Balaban J connectivity index is 0.981. The molecule has 2 aromatic heterocycles. The van der Waals surface area contributed by atoms with Gasteiger partial charge < -0.3 is 4.57 Å². The van der Waals surface area contributed by atoms with Gasteiger partial charge in [-0.2, -0.15) is 0 Å². The number of benzene rings is 9. The summed E-state index contributed by atoms with van der Waals surface area (Å²) in [6, 6.07) is 78.0. The van der Waals surface area contributed by atoms with E-state index in [2.05, 4.69) is 200 Å². The molecule has 0 unspecified atom stereocenters. The van der Waals surface area contributed by atoms with Crippen LogP contribution in [-0.2, 0) is 5.41 Å². The van der Waals surface area contributed by atoms with Crippen LogP contribution >= 0.6 is 0 Å². The molecule has 11 aromatic rings. The van der Waals surface area contributed by atoms with E-state index in [1.165, 1.54) is 66.4 Å². The van der Waals surface area contributed by atoms with Gasteiger partial charge in [-0.05, 0) is 74.3 Å². The van der Waals surface area contributed by atoms with Gasteiger partial charge in [-0.15, -0.1) is 0 Å². The molecule has 302 valence electrons. The van der Waals surface area contributed by atoms with Gasteiger partial charge in [0.15, 0.2) is 17.5 Å². The van der Waals surface area contributed by atoms with Crippen molar-refractivity contribution < 1.29 is 0 Å². The zero-order chi connectivity index (χ0) is 42.8. The van der Waals surface area contributed by atoms with Gasteiger partial charge in [0.2, 0.25) is 0 Å². The fraction of sp³-hybridized carbons (Fsp3) is 0.0500. The SMILES string of the molecule is CC1(C)c2ccccc2-c2c(-n3c4ccc(-c5ccccc5)cc4c4ccc(-c5ccc(-c6nc(-c7ccccc7)nc(-c7ccc(-c8ccccc8)cc7)n6)cc5)cc43)cccc21. The Morgan fingerprint density at radius 3 is 1.39 bits per heavy atom. The van der Waals surface area contributed by atoms with Gasteiger partial charge >= 0.3 is 0 Å². The van der Waals surface area contributed by atoms with Crippen molar-refractivity contribution in [1.29, 1.82) is 0 Å². The largest absolute Gasteiger partial charge is 0.309 e. The van der Waals surface area contributed by atoms with Crippen LogP contribution in [-0.4, -0.2) is 19.5 Å². The normalized spacial score (nSPS) is 12.7. The van der Waals surface area contributed by atoms with E-state index in [1.54, 1.807) is 0 Å². The Morgan fingerprint density at radius 2 is 0.766 bits per heavy atom. The first-order valence-corrected chi connectivity index (χ1v) is 21.9. The first kappa shape index (κ1) is 37.5. The first-order chi connectivity index (χ1) is 31.5. The molecule has 0 fully saturated rings. The number of hydrogen-bond acceptors (Lipinski definition) is 3. The highest BCUT2D eigenvalue weighted by molar-refractivity contribution is 6.12. The molecule has 0 aliphatic heterocycles. The fourth-order valence-corrected chi connectivity index (χ4v) is 9.80. The number of fused-ring (bicyclic) bond motifs is 6. The summed E-state index contributed by atoms with van der Waals surface area (Å²) in [6.07, 6.45) is 0. The second kappa shape index (κ2) is 15.0. The topological polar surface area (TPSA) is 43.6 Å². The van der Waals surface area contributed by atoms with Crippen molar-refractivity contribution >= 4 is 21.8 Å². The quantitative estimate of drug-likeness (QED) is 0.161. The van der Waals surface area contributed by atoms with E-state index in [9.17, 15) is 0 Å². The van der Waals surface area contributed by atoms with Crippen LogP contribution in [0, 0.1) is 0 Å². The molecule has 0 saturated carbocycles. The minimum Gasteiger partial charge on any atom is -0.309 e. The van der Waals surface area contributed by atoms with Gasteiger partial charge in [0.25, 0.3) is 0 Å². The predicted octanol–water partition coefficient (Wildman–Crippen LogP) is 15.3. The highest BCUT2D eigenvalue weighted by atomic mass is 15.0. The van der Waals surface area contributed by atoms with Crippen molar-refractivity contribution in [2.24, 2.45) is 0 Å². The molecule has 0 spiro atoms. The molecule has 0 radical (unpaired) electrons. The number of rotatable bonds is 7. The predicted molar refractivity (Wildman–Crippen MR) is 264 cm³/mol. The zero-order valence-corrected chi connectivity index (χ0v) is 35.6. The molecule has 9 aromatic carbocycles. The molecule has 0 amide bonds. The van der Waals surface area contributed by atoms with E-state index in [4.69, 9.17) is 15.0 Å². The number of aromatic nitrogens is 4. The van der Waals surface area contributed by atoms with Crippen molar-refractivity contribution in [3.05, 3.63) is 230 Å². The lowest BCUT2D eigenvalue weighted by molar-refractivity contribution is 0.660. The van der Waals surface area contributed by atoms with Crippen LogP contribution < -0.4 is 0 Å². The highest BCUT2D eigenvalue weighted by Crippen LogP contribution is 2.52. The Bertz CT molecular complexity index is 3530. The third-order valence-electron chi connectivity index (χ3n) is 13.1. The van der Waals surface area contributed by atoms with Crippen molar-refractivity contribution in [1.82, 2.24) is 19.5 Å². The van der Waals surface area contributed by atoms with E-state index in [1.807, 2.05) is 36.4 Å². The summed E-state index contributed by atoms with van der Waals surface area (Å²) in [5.74, 6) is 1.91. The zero-order valence-electron chi connectivity index (χ0n) is 35.6. The molecule has 64 heavy (non-hydrogen) atoms. The van der Waals surface area contributed by atoms with Gasteiger partial charge in [-0.1, -0.05) is 208 Å². The van der Waals surface area contributed by atoms with Crippen molar-refractivity contribution in [3.63, 3.8) is 0 Å². The fourth-order valence-electron chi connectivity index (χ4n) is 9.80. The molecular formula is C60H42N4. The minimum atomic E-state index is -0.109. The van der Waals surface area contributed by atoms with Crippen LogP contribution in [0.25, 0.3) is 106 Å². The molecule has 1 aliphatic carbocycles. The summed E-state index contributed by atoms with van der Waals surface area (Å²) >= 11 is 0. The lowest BCUT2D eigenvalue weighted by Gasteiger charge is -2.22. The number of nitrogens with zero attached hydrogens (tertiary/aromatic N) is 4. The molecule has 0 bridgehead atoms. The molecule has 2 heterocycles. The van der Waals surface area contributed by atoms with Crippen LogP contribution in [0.4, 0.5) is 0 Å². The Labute approximate surface area is 372 Å². The molecule has 4 nitrogen and oxygen atoms in total. The van der Waals surface area contributed by atoms with E-state index in [0.717, 1.165) is 33.4 Å². The molecule has 0 N–H and O–H groups in total. The van der Waals surface area contributed by atoms with Gasteiger partial charge in [-0.3, -0.25) is 0 Å². The third-order valence-corrected chi connectivity index (χ3v) is 13.1. The number of hydrogen-bond donors (Lipinski definition) is 0. The van der Waals surface area contributed by atoms with Crippen molar-refractivity contribution in [2.45, 2.75) is 19.3 Å². The molecular weight excluding hydrogens is 777 g/mol. The van der Waals surface area contributed by atoms with Crippen LogP contribution in [0.3, 0.4) is 0 Å². The van der Waals surface area contributed by atoms with Gasteiger partial charge in [-0.25, -0.2) is 15.0 Å². The maximum absolute atomic E-state index is 5.07. The average Bonchev–Trinajstić information content (AvgIpc) is 3.82. The molecule has 12 rings (SSSR count). The summed E-state index contributed by atoms with van der Waals surface area (Å²) in [5.41, 5.74) is 18.6. The maximum Gasteiger partial charge on any atom is 0.164 e. The van der Waals surface area contributed by atoms with Crippen LogP contribution in [0.15, 0.2) is 218 Å². The standard InChI is InChI=1S/C60H42N4/c1-60(2)51-22-13-12-21-49(51)56-52(60)23-14-24-54(56)64-53-36-34-46(40-17-8-4-9-18-40)37-50(53)48-35-33-47(38-55(48)64)42-27-31-45(32-28-42)59-62-57(43-19-10-5-11-20-43)61-58(63-59)44-29-25-41(26-30-44)39-15-6-3-7-16-39/h3-38H,1-2H3. The van der Waals surface area contributed by atoms with E-state index < -0.39 is 0 Å². The van der Waals surface area contributed by atoms with E-state index in [0.29, 0.717) is 17.5 Å². The second-order valence-electron chi connectivity index (χ2n) is 17.2. The van der Waals surface area contributed by atoms with Crippen LogP contribution in [0.2, 0.25) is 0 Å². The maximum atomic E-state index is 5.07. The molecule has 1 aliphatic rings. The summed E-state index contributed by atoms with van der Waals surface area (Å²) in [6.45, 7) is 4.70. The van der Waals surface area contributed by atoms with Crippen LogP contribution in [0.1, 0.15) is 25.0 Å². The smallest absolute Gasteiger partial charge is 0.164 e. The average molecular weight is 819 g/mol.